The molecule has 0 radical (unpaired) electrons. The average molecular weight is 322 g/mol. The molecule has 3 fully saturated rings. The van der Waals surface area contributed by atoms with Crippen molar-refractivity contribution in [2.75, 3.05) is 53.9 Å². The summed E-state index contributed by atoms with van der Waals surface area (Å²) in [5.41, 5.74) is 0. The summed E-state index contributed by atoms with van der Waals surface area (Å²) in [5.74, 6) is 0.759. The fraction of sp³-hybridized carbons (Fsp3) is 0.882. The SMILES string of the molecule is CN1CCC(N2CC[C@H]3C[C@@H]2C(=O)N(CC(=O)N(C)C)C3)CC1. The number of rotatable bonds is 3. The zero-order valence-electron chi connectivity index (χ0n) is 14.7. The minimum atomic E-state index is 0.00543. The van der Waals surface area contributed by atoms with Gasteiger partial charge < -0.3 is 14.7 Å². The van der Waals surface area contributed by atoms with Gasteiger partial charge >= 0.3 is 0 Å². The molecule has 2 amide bonds. The van der Waals surface area contributed by atoms with Gasteiger partial charge in [-0.05, 0) is 58.3 Å². The fourth-order valence-corrected chi connectivity index (χ4v) is 4.29. The van der Waals surface area contributed by atoms with E-state index in [1.807, 2.05) is 4.90 Å². The average Bonchev–Trinajstić information content (AvgIpc) is 2.53. The van der Waals surface area contributed by atoms with Crippen molar-refractivity contribution >= 4 is 11.8 Å². The number of carbonyl (C=O) groups excluding carboxylic acids is 2. The van der Waals surface area contributed by atoms with E-state index < -0.39 is 0 Å². The Morgan fingerprint density at radius 1 is 1.17 bits per heavy atom. The molecule has 3 heterocycles. The van der Waals surface area contributed by atoms with Gasteiger partial charge in [0.25, 0.3) is 0 Å². The number of likely N-dealkylation sites (tertiary alicyclic amines) is 3. The monoisotopic (exact) mass is 322 g/mol. The van der Waals surface area contributed by atoms with E-state index in [1.54, 1.807) is 19.0 Å². The highest BCUT2D eigenvalue weighted by Gasteiger charge is 2.44. The lowest BCUT2D eigenvalue weighted by atomic mass is 9.84. The number of amides is 2. The molecule has 130 valence electrons. The Kier molecular flexibility index (Phi) is 4.92. The Bertz CT molecular complexity index is 460. The van der Waals surface area contributed by atoms with Crippen molar-refractivity contribution in [3.05, 3.63) is 0 Å². The van der Waals surface area contributed by atoms with Crippen LogP contribution >= 0.6 is 0 Å². The zero-order chi connectivity index (χ0) is 16.6. The topological polar surface area (TPSA) is 47.1 Å². The summed E-state index contributed by atoms with van der Waals surface area (Å²) in [6, 6.07) is 0.538. The lowest BCUT2D eigenvalue weighted by molar-refractivity contribution is -0.152. The predicted octanol–water partition coefficient (Wildman–Crippen LogP) is 0.0916. The van der Waals surface area contributed by atoms with Crippen LogP contribution in [0.15, 0.2) is 0 Å². The zero-order valence-corrected chi connectivity index (χ0v) is 14.7. The van der Waals surface area contributed by atoms with Crippen LogP contribution in [-0.2, 0) is 9.59 Å². The van der Waals surface area contributed by atoms with Crippen molar-refractivity contribution in [1.82, 2.24) is 19.6 Å². The number of nitrogens with zero attached hydrogens (tertiary/aromatic N) is 4. The molecule has 0 saturated carbocycles. The second kappa shape index (κ2) is 6.77. The summed E-state index contributed by atoms with van der Waals surface area (Å²) in [5, 5.41) is 0. The van der Waals surface area contributed by atoms with Crippen LogP contribution in [0.5, 0.6) is 0 Å². The van der Waals surface area contributed by atoms with E-state index in [0.717, 1.165) is 51.9 Å². The highest BCUT2D eigenvalue weighted by atomic mass is 16.2. The van der Waals surface area contributed by atoms with E-state index in [0.29, 0.717) is 12.0 Å². The molecule has 3 aliphatic heterocycles. The van der Waals surface area contributed by atoms with Gasteiger partial charge in [0.1, 0.15) is 0 Å². The van der Waals surface area contributed by atoms with Crippen LogP contribution < -0.4 is 0 Å². The third kappa shape index (κ3) is 3.53. The number of hydrogen-bond donors (Lipinski definition) is 0. The molecule has 0 unspecified atom stereocenters. The van der Waals surface area contributed by atoms with E-state index >= 15 is 0 Å². The normalized spacial score (nSPS) is 30.6. The molecule has 0 N–H and O–H groups in total. The Morgan fingerprint density at radius 2 is 1.87 bits per heavy atom. The lowest BCUT2D eigenvalue weighted by Gasteiger charge is -2.50. The van der Waals surface area contributed by atoms with E-state index in [2.05, 4.69) is 16.8 Å². The Hall–Kier alpha value is -1.14. The predicted molar refractivity (Wildman–Crippen MR) is 89.0 cm³/mol. The quantitative estimate of drug-likeness (QED) is 0.739. The van der Waals surface area contributed by atoms with Gasteiger partial charge in [0.2, 0.25) is 11.8 Å². The molecule has 0 spiro atoms. The lowest BCUT2D eigenvalue weighted by Crippen LogP contribution is -2.63. The van der Waals surface area contributed by atoms with Crippen LogP contribution in [0, 0.1) is 5.92 Å². The number of hydrogen-bond acceptors (Lipinski definition) is 4. The van der Waals surface area contributed by atoms with Crippen LogP contribution in [0.1, 0.15) is 25.7 Å². The van der Waals surface area contributed by atoms with E-state index in [-0.39, 0.29) is 24.4 Å². The maximum absolute atomic E-state index is 12.9. The maximum Gasteiger partial charge on any atom is 0.241 e. The third-order valence-electron chi connectivity index (χ3n) is 5.81. The van der Waals surface area contributed by atoms with E-state index in [9.17, 15) is 9.59 Å². The standard InChI is InChI=1S/C17H30N4O2/c1-18(2)16(22)12-20-11-13-4-9-21(15(10-13)17(20)23)14-5-7-19(3)8-6-14/h13-15H,4-12H2,1-3H3/t13-,15+/m0/s1. The molecule has 0 aromatic rings. The van der Waals surface area contributed by atoms with Crippen LogP contribution in [-0.4, -0.2) is 97.4 Å². The fourth-order valence-electron chi connectivity index (χ4n) is 4.29. The summed E-state index contributed by atoms with van der Waals surface area (Å²) in [7, 11) is 5.67. The van der Waals surface area contributed by atoms with Crippen molar-refractivity contribution in [3.63, 3.8) is 0 Å². The molecule has 2 bridgehead atoms. The minimum Gasteiger partial charge on any atom is -0.347 e. The van der Waals surface area contributed by atoms with Gasteiger partial charge in [0.15, 0.2) is 0 Å². The van der Waals surface area contributed by atoms with Crippen LogP contribution in [0.4, 0.5) is 0 Å². The van der Waals surface area contributed by atoms with Crippen molar-refractivity contribution in [3.8, 4) is 0 Å². The van der Waals surface area contributed by atoms with E-state index in [1.165, 1.54) is 0 Å². The molecule has 6 heteroatoms. The van der Waals surface area contributed by atoms with Crippen LogP contribution in [0.25, 0.3) is 0 Å². The Balaban J connectivity index is 1.67. The summed E-state index contributed by atoms with van der Waals surface area (Å²) >= 11 is 0. The van der Waals surface area contributed by atoms with Crippen molar-refractivity contribution < 1.29 is 9.59 Å². The number of likely N-dealkylation sites (N-methyl/N-ethyl adjacent to an activating group) is 1. The number of carbonyl (C=O) groups is 2. The van der Waals surface area contributed by atoms with Gasteiger partial charge in [-0.1, -0.05) is 0 Å². The summed E-state index contributed by atoms with van der Waals surface area (Å²) < 4.78 is 0. The second-order valence-electron chi connectivity index (χ2n) is 7.69. The first-order valence-electron chi connectivity index (χ1n) is 8.89. The van der Waals surface area contributed by atoms with E-state index in [4.69, 9.17) is 0 Å². The van der Waals surface area contributed by atoms with Crippen molar-refractivity contribution in [2.24, 2.45) is 5.92 Å². The van der Waals surface area contributed by atoms with Gasteiger partial charge in [-0.3, -0.25) is 14.5 Å². The molecular formula is C17H30N4O2. The highest BCUT2D eigenvalue weighted by Crippen LogP contribution is 2.33. The van der Waals surface area contributed by atoms with Gasteiger partial charge in [-0.25, -0.2) is 0 Å². The maximum atomic E-state index is 12.9. The highest BCUT2D eigenvalue weighted by molar-refractivity contribution is 5.88. The van der Waals surface area contributed by atoms with Crippen LogP contribution in [0.2, 0.25) is 0 Å². The Labute approximate surface area is 139 Å². The van der Waals surface area contributed by atoms with Crippen molar-refractivity contribution in [2.45, 2.75) is 37.8 Å². The smallest absolute Gasteiger partial charge is 0.241 e. The molecule has 3 aliphatic rings. The molecule has 0 aliphatic carbocycles. The largest absolute Gasteiger partial charge is 0.347 e. The molecular weight excluding hydrogens is 292 g/mol. The molecule has 3 rings (SSSR count). The summed E-state index contributed by atoms with van der Waals surface area (Å²) in [6.45, 7) is 4.28. The summed E-state index contributed by atoms with van der Waals surface area (Å²) in [4.78, 5) is 33.1. The van der Waals surface area contributed by atoms with Gasteiger partial charge in [-0.2, -0.15) is 0 Å². The first kappa shape index (κ1) is 16.7. The molecule has 0 aromatic heterocycles. The van der Waals surface area contributed by atoms with Gasteiger partial charge in [0.05, 0.1) is 12.6 Å². The number of fused-ring (bicyclic) bond motifs is 2. The second-order valence-corrected chi connectivity index (χ2v) is 7.69. The number of piperidine rings is 3. The summed E-state index contributed by atoms with van der Waals surface area (Å²) in [6.07, 6.45) is 4.45. The van der Waals surface area contributed by atoms with Gasteiger partial charge in [-0.15, -0.1) is 0 Å². The molecule has 6 nitrogen and oxygen atoms in total. The minimum absolute atomic E-state index is 0.00543. The Morgan fingerprint density at radius 3 is 2.52 bits per heavy atom. The van der Waals surface area contributed by atoms with Crippen LogP contribution in [0.3, 0.4) is 0 Å². The molecule has 3 saturated heterocycles. The first-order valence-corrected chi connectivity index (χ1v) is 8.89. The third-order valence-corrected chi connectivity index (χ3v) is 5.81. The molecule has 2 atom stereocenters. The molecule has 23 heavy (non-hydrogen) atoms. The first-order chi connectivity index (χ1) is 11.0. The van der Waals surface area contributed by atoms with Crippen molar-refractivity contribution in [1.29, 1.82) is 0 Å². The molecule has 0 aromatic carbocycles. The van der Waals surface area contributed by atoms with Gasteiger partial charge in [0, 0.05) is 26.7 Å².